The van der Waals surface area contributed by atoms with Gasteiger partial charge in [-0.3, -0.25) is 29.5 Å². The van der Waals surface area contributed by atoms with Crippen molar-refractivity contribution in [2.45, 2.75) is 39.0 Å². The van der Waals surface area contributed by atoms with Gasteiger partial charge < -0.3 is 0 Å². The molecule has 1 aliphatic heterocycles. The van der Waals surface area contributed by atoms with E-state index in [1.165, 1.54) is 22.6 Å². The highest BCUT2D eigenvalue weighted by Gasteiger charge is 2.47. The number of fused-ring (bicyclic) bond motifs is 2. The highest BCUT2D eigenvalue weighted by molar-refractivity contribution is 7.17. The van der Waals surface area contributed by atoms with E-state index >= 15 is 0 Å². The van der Waals surface area contributed by atoms with Gasteiger partial charge in [0, 0.05) is 23.9 Å². The third-order valence-corrected chi connectivity index (χ3v) is 7.48. The summed E-state index contributed by atoms with van der Waals surface area (Å²) in [5.74, 6) is -1.26. The summed E-state index contributed by atoms with van der Waals surface area (Å²) in [5.41, 5.74) is 4.98. The van der Waals surface area contributed by atoms with Gasteiger partial charge >= 0.3 is 0 Å². The molecule has 2 aromatic heterocycles. The first-order valence-corrected chi connectivity index (χ1v) is 12.0. The van der Waals surface area contributed by atoms with Crippen LogP contribution in [0.25, 0.3) is 21.3 Å². The van der Waals surface area contributed by atoms with Crippen LogP contribution < -0.4 is 11.0 Å². The number of amides is 3. The highest BCUT2D eigenvalue weighted by Crippen LogP contribution is 2.38. The maximum atomic E-state index is 13.1. The van der Waals surface area contributed by atoms with Crippen LogP contribution in [-0.2, 0) is 14.4 Å². The Balaban J connectivity index is 1.31. The summed E-state index contributed by atoms with van der Waals surface area (Å²) < 4.78 is 1.07. The molecule has 3 heterocycles. The normalized spacial score (nSPS) is 20.3. The molecule has 8 nitrogen and oxygen atoms in total. The summed E-state index contributed by atoms with van der Waals surface area (Å²) in [7, 11) is 0. The van der Waals surface area contributed by atoms with E-state index in [1.54, 1.807) is 0 Å². The lowest BCUT2D eigenvalue weighted by Gasteiger charge is -2.19. The number of benzene rings is 1. The topological polar surface area (TPSA) is 101 Å². The van der Waals surface area contributed by atoms with Gasteiger partial charge in [0.1, 0.15) is 11.2 Å². The summed E-state index contributed by atoms with van der Waals surface area (Å²) >= 11 is 1.37. The first-order valence-electron chi connectivity index (χ1n) is 11.1. The number of carbonyl (C=O) groups excluding carboxylic acids is 3. The number of rotatable bonds is 5. The Hall–Kier alpha value is -3.33. The molecule has 170 valence electrons. The number of hydrogen-bond donors (Lipinski definition) is 1. The van der Waals surface area contributed by atoms with Crippen LogP contribution in [0.2, 0.25) is 0 Å². The molecule has 9 heteroatoms. The van der Waals surface area contributed by atoms with E-state index in [0.717, 1.165) is 47.0 Å². The van der Waals surface area contributed by atoms with Crippen molar-refractivity contribution in [2.24, 2.45) is 11.8 Å². The zero-order valence-electron chi connectivity index (χ0n) is 18.2. The van der Waals surface area contributed by atoms with Gasteiger partial charge in [-0.25, -0.2) is 9.66 Å². The molecule has 1 saturated heterocycles. The van der Waals surface area contributed by atoms with Crippen LogP contribution in [0.3, 0.4) is 0 Å². The number of aryl methyl sites for hydroxylation is 1. The monoisotopic (exact) mass is 464 g/mol. The second-order valence-electron chi connectivity index (χ2n) is 8.73. The van der Waals surface area contributed by atoms with Gasteiger partial charge in [-0.05, 0) is 25.3 Å². The van der Waals surface area contributed by atoms with Crippen molar-refractivity contribution in [2.75, 3.05) is 12.0 Å². The summed E-state index contributed by atoms with van der Waals surface area (Å²) in [6.45, 7) is 2.02. The minimum absolute atomic E-state index is 0.0218. The molecule has 5 rings (SSSR count). The Morgan fingerprint density at radius 3 is 2.42 bits per heavy atom. The van der Waals surface area contributed by atoms with Gasteiger partial charge in [0.05, 0.1) is 17.2 Å². The van der Waals surface area contributed by atoms with Gasteiger partial charge in [-0.15, -0.1) is 11.3 Å². The maximum Gasteiger partial charge on any atom is 0.281 e. The molecule has 2 aliphatic rings. The number of nitrogens with zero attached hydrogens (tertiary/aromatic N) is 3. The lowest BCUT2D eigenvalue weighted by atomic mass is 9.81. The second kappa shape index (κ2) is 8.55. The molecule has 2 atom stereocenters. The van der Waals surface area contributed by atoms with Crippen LogP contribution in [0.4, 0.5) is 0 Å². The fraction of sp³-hybridized carbons (Fsp3) is 0.375. The van der Waals surface area contributed by atoms with E-state index in [0.29, 0.717) is 10.2 Å². The van der Waals surface area contributed by atoms with Gasteiger partial charge in [-0.1, -0.05) is 42.7 Å². The van der Waals surface area contributed by atoms with Crippen LogP contribution >= 0.6 is 11.3 Å². The second-order valence-corrected chi connectivity index (χ2v) is 9.58. The number of thiophene rings is 1. The van der Waals surface area contributed by atoms with Crippen LogP contribution in [-0.4, -0.2) is 38.8 Å². The number of carbonyl (C=O) groups is 3. The lowest BCUT2D eigenvalue weighted by Crippen LogP contribution is -2.37. The number of nitrogens with one attached hydrogen (secondary N) is 1. The van der Waals surface area contributed by atoms with Crippen molar-refractivity contribution in [3.63, 3.8) is 0 Å². The third-order valence-electron chi connectivity index (χ3n) is 6.60. The molecule has 0 radical (unpaired) electrons. The molecule has 1 aliphatic carbocycles. The predicted octanol–water partition coefficient (Wildman–Crippen LogP) is 3.07. The van der Waals surface area contributed by atoms with E-state index in [-0.39, 0.29) is 42.2 Å². The van der Waals surface area contributed by atoms with Gasteiger partial charge in [0.15, 0.2) is 0 Å². The quantitative estimate of drug-likeness (QED) is 0.585. The van der Waals surface area contributed by atoms with Crippen molar-refractivity contribution in [3.8, 4) is 11.1 Å². The van der Waals surface area contributed by atoms with E-state index in [1.807, 2.05) is 36.6 Å². The van der Waals surface area contributed by atoms with E-state index in [4.69, 9.17) is 0 Å². The number of imide groups is 1. The van der Waals surface area contributed by atoms with E-state index in [9.17, 15) is 19.2 Å². The first kappa shape index (κ1) is 21.5. The Morgan fingerprint density at radius 2 is 1.76 bits per heavy atom. The van der Waals surface area contributed by atoms with Crippen molar-refractivity contribution in [1.82, 2.24) is 14.6 Å². The minimum atomic E-state index is -0.458. The number of aromatic nitrogens is 2. The molecule has 0 unspecified atom stereocenters. The molecular weight excluding hydrogens is 440 g/mol. The number of hydrogen-bond acceptors (Lipinski definition) is 6. The SMILES string of the molecule is Cc1ccc(-c2csc3ncn(NC(=O)CCN4C(=O)[C@H]5CCCC[C@H]5C4=O)c(=O)c23)cc1. The standard InChI is InChI=1S/C24H24N4O4S/c1-14-6-8-15(9-7-14)18-12-33-21-20(18)24(32)28(13-25-21)26-19(29)10-11-27-22(30)16-4-2-3-5-17(16)23(27)31/h6-9,12-13,16-17H,2-5,10-11H2,1H3,(H,26,29)/t16-,17+. The van der Waals surface area contributed by atoms with Crippen molar-refractivity contribution < 1.29 is 14.4 Å². The largest absolute Gasteiger partial charge is 0.282 e. The molecular formula is C24H24N4O4S. The van der Waals surface area contributed by atoms with Gasteiger partial charge in [-0.2, -0.15) is 0 Å². The van der Waals surface area contributed by atoms with Crippen LogP contribution in [0.15, 0.2) is 40.8 Å². The zero-order valence-corrected chi connectivity index (χ0v) is 19.1. The van der Waals surface area contributed by atoms with Crippen LogP contribution in [0.1, 0.15) is 37.7 Å². The average molecular weight is 465 g/mol. The van der Waals surface area contributed by atoms with E-state index < -0.39 is 5.91 Å². The highest BCUT2D eigenvalue weighted by atomic mass is 32.1. The minimum Gasteiger partial charge on any atom is -0.282 e. The Kier molecular flexibility index (Phi) is 5.57. The zero-order chi connectivity index (χ0) is 23.1. The van der Waals surface area contributed by atoms with Crippen molar-refractivity contribution >= 4 is 39.3 Å². The fourth-order valence-corrected chi connectivity index (χ4v) is 5.72. The smallest absolute Gasteiger partial charge is 0.281 e. The predicted molar refractivity (Wildman–Crippen MR) is 125 cm³/mol. The maximum absolute atomic E-state index is 13.1. The Bertz CT molecular complexity index is 1290. The third kappa shape index (κ3) is 3.86. The summed E-state index contributed by atoms with van der Waals surface area (Å²) in [5, 5.41) is 2.33. The lowest BCUT2D eigenvalue weighted by molar-refractivity contribution is -0.140. The molecule has 0 spiro atoms. The Labute approximate surface area is 194 Å². The van der Waals surface area contributed by atoms with Gasteiger partial charge in [0.25, 0.3) is 5.56 Å². The molecule has 3 amide bonds. The molecule has 0 bridgehead atoms. The summed E-state index contributed by atoms with van der Waals surface area (Å²) in [6, 6.07) is 7.86. The molecule has 33 heavy (non-hydrogen) atoms. The van der Waals surface area contributed by atoms with Crippen molar-refractivity contribution in [3.05, 3.63) is 51.9 Å². The summed E-state index contributed by atoms with van der Waals surface area (Å²) in [4.78, 5) is 57.0. The van der Waals surface area contributed by atoms with Crippen LogP contribution in [0.5, 0.6) is 0 Å². The first-order chi connectivity index (χ1) is 15.9. The molecule has 1 N–H and O–H groups in total. The number of likely N-dealkylation sites (tertiary alicyclic amines) is 1. The van der Waals surface area contributed by atoms with Gasteiger partial charge in [0.2, 0.25) is 17.7 Å². The fourth-order valence-electron chi connectivity index (χ4n) is 4.81. The van der Waals surface area contributed by atoms with E-state index in [2.05, 4.69) is 10.4 Å². The van der Waals surface area contributed by atoms with Crippen molar-refractivity contribution in [1.29, 1.82) is 0 Å². The van der Waals surface area contributed by atoms with Crippen LogP contribution in [0, 0.1) is 18.8 Å². The average Bonchev–Trinajstić information content (AvgIpc) is 3.35. The Morgan fingerprint density at radius 1 is 1.09 bits per heavy atom. The summed E-state index contributed by atoms with van der Waals surface area (Å²) in [6.07, 6.45) is 4.61. The molecule has 1 saturated carbocycles. The molecule has 2 fully saturated rings. The molecule has 1 aromatic carbocycles. The molecule has 3 aromatic rings.